The Morgan fingerprint density at radius 3 is 2.95 bits per heavy atom. The first-order valence-corrected chi connectivity index (χ1v) is 6.90. The van der Waals surface area contributed by atoms with Crippen LogP contribution in [-0.4, -0.2) is 51.2 Å². The summed E-state index contributed by atoms with van der Waals surface area (Å²) in [6.07, 6.45) is 7.30. The zero-order chi connectivity index (χ0) is 13.7. The first-order chi connectivity index (χ1) is 9.26. The molecule has 0 bridgehead atoms. The highest BCUT2D eigenvalue weighted by molar-refractivity contribution is 5.92. The van der Waals surface area contributed by atoms with Crippen LogP contribution in [0.2, 0.25) is 0 Å². The molecule has 0 aliphatic heterocycles. The molecule has 0 unspecified atom stereocenters. The molecule has 19 heavy (non-hydrogen) atoms. The summed E-state index contributed by atoms with van der Waals surface area (Å²) in [6, 6.07) is 0.318. The van der Waals surface area contributed by atoms with Gasteiger partial charge in [0, 0.05) is 38.5 Å². The van der Waals surface area contributed by atoms with E-state index in [9.17, 15) is 4.79 Å². The molecular formula is C13H22N4O2. The van der Waals surface area contributed by atoms with E-state index in [1.807, 2.05) is 9.47 Å². The van der Waals surface area contributed by atoms with Gasteiger partial charge < -0.3 is 20.3 Å². The summed E-state index contributed by atoms with van der Waals surface area (Å²) in [6.45, 7) is 1.91. The SMILES string of the molecule is NCCn1cnc(C(=O)N(CCCO)C2CCC2)c1. The average Bonchev–Trinajstić information content (AvgIpc) is 2.80. The zero-order valence-corrected chi connectivity index (χ0v) is 11.2. The lowest BCUT2D eigenvalue weighted by molar-refractivity contribution is 0.0557. The van der Waals surface area contributed by atoms with Crippen molar-refractivity contribution < 1.29 is 9.90 Å². The summed E-state index contributed by atoms with van der Waals surface area (Å²) in [4.78, 5) is 18.5. The summed E-state index contributed by atoms with van der Waals surface area (Å²) in [5.41, 5.74) is 5.95. The molecule has 1 aliphatic carbocycles. The number of hydrogen-bond donors (Lipinski definition) is 2. The maximum absolute atomic E-state index is 12.4. The quantitative estimate of drug-likeness (QED) is 0.739. The van der Waals surface area contributed by atoms with Crippen molar-refractivity contribution >= 4 is 5.91 Å². The van der Waals surface area contributed by atoms with Crippen molar-refractivity contribution in [2.45, 2.75) is 38.3 Å². The number of carbonyl (C=O) groups excluding carboxylic acids is 1. The lowest BCUT2D eigenvalue weighted by atomic mass is 9.91. The van der Waals surface area contributed by atoms with E-state index in [2.05, 4.69) is 4.98 Å². The summed E-state index contributed by atoms with van der Waals surface area (Å²) >= 11 is 0. The van der Waals surface area contributed by atoms with Gasteiger partial charge in [0.05, 0.1) is 6.33 Å². The van der Waals surface area contributed by atoms with Crippen LogP contribution in [0.5, 0.6) is 0 Å². The number of nitrogens with two attached hydrogens (primary N) is 1. The van der Waals surface area contributed by atoms with E-state index in [4.69, 9.17) is 10.8 Å². The van der Waals surface area contributed by atoms with E-state index < -0.39 is 0 Å². The molecule has 1 aromatic heterocycles. The molecule has 1 amide bonds. The molecule has 0 saturated heterocycles. The molecule has 0 aromatic carbocycles. The Balaban J connectivity index is 2.03. The molecule has 1 aromatic rings. The molecule has 6 heteroatoms. The molecule has 2 rings (SSSR count). The van der Waals surface area contributed by atoms with Gasteiger partial charge in [0.2, 0.25) is 0 Å². The van der Waals surface area contributed by atoms with Gasteiger partial charge in [0.15, 0.2) is 0 Å². The molecule has 0 atom stereocenters. The highest BCUT2D eigenvalue weighted by Gasteiger charge is 2.29. The van der Waals surface area contributed by atoms with Gasteiger partial charge in [0.25, 0.3) is 5.91 Å². The third-order valence-electron chi connectivity index (χ3n) is 3.57. The molecule has 1 saturated carbocycles. The van der Waals surface area contributed by atoms with Gasteiger partial charge in [0.1, 0.15) is 5.69 Å². The Bertz CT molecular complexity index is 415. The summed E-state index contributed by atoms with van der Waals surface area (Å²) in [7, 11) is 0. The van der Waals surface area contributed by atoms with E-state index >= 15 is 0 Å². The molecule has 1 heterocycles. The Kier molecular flexibility index (Phi) is 4.93. The number of amides is 1. The minimum atomic E-state index is -0.0334. The van der Waals surface area contributed by atoms with E-state index in [0.717, 1.165) is 12.8 Å². The Morgan fingerprint density at radius 2 is 2.37 bits per heavy atom. The van der Waals surface area contributed by atoms with Gasteiger partial charge in [-0.1, -0.05) is 0 Å². The van der Waals surface area contributed by atoms with Crippen LogP contribution in [0.3, 0.4) is 0 Å². The number of aliphatic hydroxyl groups excluding tert-OH is 1. The van der Waals surface area contributed by atoms with E-state index in [0.29, 0.717) is 37.8 Å². The normalized spacial score (nSPS) is 15.3. The minimum absolute atomic E-state index is 0.0334. The lowest BCUT2D eigenvalue weighted by Gasteiger charge is -2.37. The smallest absolute Gasteiger partial charge is 0.274 e. The second kappa shape index (κ2) is 6.68. The molecular weight excluding hydrogens is 244 g/mol. The molecule has 1 fully saturated rings. The predicted molar refractivity (Wildman–Crippen MR) is 71.7 cm³/mol. The Hall–Kier alpha value is -1.40. The minimum Gasteiger partial charge on any atom is -0.396 e. The predicted octanol–water partition coefficient (Wildman–Crippen LogP) is 0.219. The van der Waals surface area contributed by atoms with Crippen LogP contribution >= 0.6 is 0 Å². The standard InChI is InChI=1S/C13H22N4O2/c14-5-7-16-9-12(15-10-16)13(19)17(6-2-8-18)11-3-1-4-11/h9-11,18H,1-8,14H2. The first kappa shape index (κ1) is 14.0. The van der Waals surface area contributed by atoms with Crippen molar-refractivity contribution in [3.05, 3.63) is 18.2 Å². The van der Waals surface area contributed by atoms with E-state index in [1.165, 1.54) is 6.42 Å². The summed E-state index contributed by atoms with van der Waals surface area (Å²) in [5, 5.41) is 8.94. The van der Waals surface area contributed by atoms with Crippen LogP contribution in [0, 0.1) is 0 Å². The van der Waals surface area contributed by atoms with Gasteiger partial charge >= 0.3 is 0 Å². The topological polar surface area (TPSA) is 84.4 Å². The lowest BCUT2D eigenvalue weighted by Crippen LogP contribution is -2.45. The highest BCUT2D eigenvalue weighted by Crippen LogP contribution is 2.26. The number of nitrogens with zero attached hydrogens (tertiary/aromatic N) is 3. The van der Waals surface area contributed by atoms with Crippen LogP contribution < -0.4 is 5.73 Å². The largest absolute Gasteiger partial charge is 0.396 e. The van der Waals surface area contributed by atoms with Gasteiger partial charge in [-0.2, -0.15) is 0 Å². The monoisotopic (exact) mass is 266 g/mol. The summed E-state index contributed by atoms with van der Waals surface area (Å²) < 4.78 is 1.83. The fourth-order valence-corrected chi connectivity index (χ4v) is 2.28. The van der Waals surface area contributed by atoms with Crippen molar-refractivity contribution in [1.29, 1.82) is 0 Å². The number of carbonyl (C=O) groups is 1. The maximum Gasteiger partial charge on any atom is 0.274 e. The number of rotatable bonds is 7. The van der Waals surface area contributed by atoms with Crippen LogP contribution in [0.25, 0.3) is 0 Å². The average molecular weight is 266 g/mol. The fourth-order valence-electron chi connectivity index (χ4n) is 2.28. The van der Waals surface area contributed by atoms with Gasteiger partial charge in [-0.05, 0) is 25.7 Å². The van der Waals surface area contributed by atoms with Crippen LogP contribution in [0.1, 0.15) is 36.2 Å². The molecule has 3 N–H and O–H groups in total. The summed E-state index contributed by atoms with van der Waals surface area (Å²) in [5.74, 6) is -0.0334. The van der Waals surface area contributed by atoms with Crippen molar-refractivity contribution in [3.63, 3.8) is 0 Å². The van der Waals surface area contributed by atoms with Crippen molar-refractivity contribution in [1.82, 2.24) is 14.5 Å². The third-order valence-corrected chi connectivity index (χ3v) is 3.57. The molecule has 0 radical (unpaired) electrons. The number of hydrogen-bond acceptors (Lipinski definition) is 4. The number of aliphatic hydroxyl groups is 1. The second-order valence-electron chi connectivity index (χ2n) is 4.95. The zero-order valence-electron chi connectivity index (χ0n) is 11.2. The van der Waals surface area contributed by atoms with Crippen molar-refractivity contribution in [3.8, 4) is 0 Å². The van der Waals surface area contributed by atoms with E-state index in [-0.39, 0.29) is 12.5 Å². The number of aromatic nitrogens is 2. The molecule has 0 spiro atoms. The van der Waals surface area contributed by atoms with Gasteiger partial charge in [-0.3, -0.25) is 4.79 Å². The number of imidazole rings is 1. The van der Waals surface area contributed by atoms with Crippen LogP contribution in [-0.2, 0) is 6.54 Å². The second-order valence-corrected chi connectivity index (χ2v) is 4.95. The van der Waals surface area contributed by atoms with E-state index in [1.54, 1.807) is 12.5 Å². The third kappa shape index (κ3) is 3.33. The Labute approximate surface area is 113 Å². The Morgan fingerprint density at radius 1 is 1.58 bits per heavy atom. The van der Waals surface area contributed by atoms with Crippen LogP contribution in [0.15, 0.2) is 12.5 Å². The fraction of sp³-hybridized carbons (Fsp3) is 0.692. The van der Waals surface area contributed by atoms with Gasteiger partial charge in [-0.25, -0.2) is 4.98 Å². The highest BCUT2D eigenvalue weighted by atomic mass is 16.3. The molecule has 106 valence electrons. The van der Waals surface area contributed by atoms with Gasteiger partial charge in [-0.15, -0.1) is 0 Å². The van der Waals surface area contributed by atoms with Crippen LogP contribution in [0.4, 0.5) is 0 Å². The molecule has 1 aliphatic rings. The molecule has 6 nitrogen and oxygen atoms in total. The first-order valence-electron chi connectivity index (χ1n) is 6.90. The van der Waals surface area contributed by atoms with Crippen molar-refractivity contribution in [2.75, 3.05) is 19.7 Å². The van der Waals surface area contributed by atoms with Crippen molar-refractivity contribution in [2.24, 2.45) is 5.73 Å². The maximum atomic E-state index is 12.4.